The van der Waals surface area contributed by atoms with Crippen molar-refractivity contribution in [3.63, 3.8) is 0 Å². The van der Waals surface area contributed by atoms with E-state index < -0.39 is 34.7 Å². The van der Waals surface area contributed by atoms with Gasteiger partial charge in [0, 0.05) is 6.21 Å². The zero-order valence-electron chi connectivity index (χ0n) is 17.9. The summed E-state index contributed by atoms with van der Waals surface area (Å²) < 4.78 is 52.1. The molecule has 2 bridgehead atoms. The van der Waals surface area contributed by atoms with Crippen molar-refractivity contribution < 1.29 is 32.2 Å². The molecule has 3 aliphatic rings. The van der Waals surface area contributed by atoms with E-state index in [4.69, 9.17) is 14.9 Å². The van der Waals surface area contributed by atoms with Crippen LogP contribution in [-0.2, 0) is 25.7 Å². The van der Waals surface area contributed by atoms with Crippen LogP contribution in [0.5, 0.6) is 0 Å². The highest BCUT2D eigenvalue weighted by molar-refractivity contribution is 6.15. The molecule has 6 nitrogen and oxygen atoms in total. The number of ether oxygens (including phenoxy) is 2. The Morgan fingerprint density at radius 3 is 2.19 bits per heavy atom. The van der Waals surface area contributed by atoms with Crippen LogP contribution in [0.3, 0.4) is 0 Å². The monoisotopic (exact) mass is 452 g/mol. The van der Waals surface area contributed by atoms with Crippen LogP contribution in [-0.4, -0.2) is 42.2 Å². The number of alkyl halides is 3. The van der Waals surface area contributed by atoms with Gasteiger partial charge in [0.15, 0.2) is 0 Å². The number of hydrogen-bond acceptors (Lipinski definition) is 6. The van der Waals surface area contributed by atoms with Crippen molar-refractivity contribution in [2.24, 2.45) is 16.3 Å². The Labute approximate surface area is 184 Å². The van der Waals surface area contributed by atoms with Gasteiger partial charge in [-0.25, -0.2) is 0 Å². The third kappa shape index (κ3) is 5.02. The summed E-state index contributed by atoms with van der Waals surface area (Å²) in [5, 5.41) is 7.50. The summed E-state index contributed by atoms with van der Waals surface area (Å²) in [5.74, 6) is -3.40. The third-order valence-electron chi connectivity index (χ3n) is 6.50. The molecule has 9 heteroatoms. The second-order valence-corrected chi connectivity index (χ2v) is 8.46. The van der Waals surface area contributed by atoms with Gasteiger partial charge in [-0.2, -0.15) is 13.2 Å². The van der Waals surface area contributed by atoms with Crippen LogP contribution in [0.15, 0.2) is 35.3 Å². The van der Waals surface area contributed by atoms with E-state index in [0.717, 1.165) is 0 Å². The van der Waals surface area contributed by atoms with E-state index in [1.54, 1.807) is 37.3 Å². The molecule has 174 valence electrons. The molecule has 1 unspecified atom stereocenters. The minimum atomic E-state index is -4.89. The molecule has 1 aromatic rings. The van der Waals surface area contributed by atoms with Crippen LogP contribution in [0.1, 0.15) is 51.0 Å². The zero-order chi connectivity index (χ0) is 23.4. The number of benzene rings is 1. The maximum atomic E-state index is 13.9. The summed E-state index contributed by atoms with van der Waals surface area (Å²) in [6.45, 7) is 1.79. The van der Waals surface area contributed by atoms with Crippen molar-refractivity contribution in [1.82, 2.24) is 0 Å². The van der Waals surface area contributed by atoms with Crippen molar-refractivity contribution in [2.75, 3.05) is 6.61 Å². The quantitative estimate of drug-likeness (QED) is 0.459. The van der Waals surface area contributed by atoms with E-state index in [0.29, 0.717) is 50.3 Å². The van der Waals surface area contributed by atoms with Crippen LogP contribution in [0.25, 0.3) is 0 Å². The summed E-state index contributed by atoms with van der Waals surface area (Å²) in [5.41, 5.74) is -2.33. The van der Waals surface area contributed by atoms with Crippen LogP contribution >= 0.6 is 0 Å². The number of halogens is 3. The molecule has 0 aromatic heterocycles. The summed E-state index contributed by atoms with van der Waals surface area (Å²) in [6, 6.07) is 8.59. The highest BCUT2D eigenvalue weighted by atomic mass is 19.4. The number of rotatable bonds is 8. The predicted molar refractivity (Wildman–Crippen MR) is 112 cm³/mol. The lowest BCUT2D eigenvalue weighted by molar-refractivity contribution is -0.162. The summed E-state index contributed by atoms with van der Waals surface area (Å²) in [4.78, 5) is 28.9. The molecule has 4 rings (SSSR count). The fourth-order valence-electron chi connectivity index (χ4n) is 4.57. The molecule has 1 N–H and O–H groups in total. The molecular formula is C23H27F3N2O4. The van der Waals surface area contributed by atoms with E-state index in [1.165, 1.54) is 0 Å². The Bertz CT molecular complexity index is 858. The number of aliphatic imine (C=N–C) groups is 1. The Hall–Kier alpha value is -2.71. The summed E-state index contributed by atoms with van der Waals surface area (Å²) >= 11 is 0. The van der Waals surface area contributed by atoms with Crippen LogP contribution in [0.2, 0.25) is 0 Å². The lowest BCUT2D eigenvalue weighted by atomic mass is 9.57. The Balaban J connectivity index is 1.79. The van der Waals surface area contributed by atoms with Crippen molar-refractivity contribution in [1.29, 1.82) is 5.41 Å². The molecule has 3 saturated carbocycles. The third-order valence-corrected chi connectivity index (χ3v) is 6.50. The number of carbonyl (C=O) groups excluding carboxylic acids is 2. The second kappa shape index (κ2) is 9.42. The maximum absolute atomic E-state index is 13.9. The largest absolute Gasteiger partial charge is 0.466 e. The van der Waals surface area contributed by atoms with Gasteiger partial charge in [0.25, 0.3) is 0 Å². The first-order valence-electron chi connectivity index (χ1n) is 10.7. The van der Waals surface area contributed by atoms with Crippen molar-refractivity contribution in [3.8, 4) is 0 Å². The smallest absolute Gasteiger partial charge is 0.430 e. The summed E-state index contributed by atoms with van der Waals surface area (Å²) in [7, 11) is 0. The molecule has 0 saturated heterocycles. The van der Waals surface area contributed by atoms with Crippen molar-refractivity contribution >= 4 is 23.9 Å². The molecular weight excluding hydrogens is 425 g/mol. The lowest BCUT2D eigenvalue weighted by Gasteiger charge is -2.50. The highest BCUT2D eigenvalue weighted by Gasteiger charge is 2.55. The molecule has 0 amide bonds. The van der Waals surface area contributed by atoms with E-state index in [2.05, 4.69) is 4.99 Å². The Morgan fingerprint density at radius 1 is 1.09 bits per heavy atom. The van der Waals surface area contributed by atoms with E-state index >= 15 is 0 Å². The van der Waals surface area contributed by atoms with E-state index in [9.17, 15) is 22.8 Å². The predicted octanol–water partition coefficient (Wildman–Crippen LogP) is 4.65. The fraction of sp³-hybridized carbons (Fsp3) is 0.565. The second-order valence-electron chi connectivity index (χ2n) is 8.46. The van der Waals surface area contributed by atoms with Gasteiger partial charge in [-0.1, -0.05) is 30.3 Å². The molecule has 0 spiro atoms. The zero-order valence-corrected chi connectivity index (χ0v) is 17.9. The maximum Gasteiger partial charge on any atom is 0.430 e. The van der Waals surface area contributed by atoms with Gasteiger partial charge in [0.2, 0.25) is 0 Å². The normalized spacial score (nSPS) is 26.3. The molecule has 3 aliphatic carbocycles. The number of carbonyl (C=O) groups is 2. The van der Waals surface area contributed by atoms with Gasteiger partial charge < -0.3 is 14.9 Å². The number of fused-ring (bicyclic) bond motifs is 3. The minimum absolute atomic E-state index is 0.192. The fourth-order valence-corrected chi connectivity index (χ4v) is 4.57. The van der Waals surface area contributed by atoms with Gasteiger partial charge in [-0.05, 0) is 51.0 Å². The van der Waals surface area contributed by atoms with Gasteiger partial charge >= 0.3 is 18.1 Å². The van der Waals surface area contributed by atoms with Gasteiger partial charge in [-0.3, -0.25) is 14.6 Å². The standard InChI is InChI=1S/C23H27F3N2O4/c1-2-31-20(30)21-8-11-22(12-9-21,13-10-21)28-18(23(24,25)26)17(14-27)19(29)32-15-16-6-4-3-5-7-16/h3-7,14,17,27H,2,8-13,15H2,1H3. The molecule has 0 heterocycles. The average Bonchev–Trinajstić information content (AvgIpc) is 2.79. The number of esters is 2. The first-order chi connectivity index (χ1) is 15.1. The van der Waals surface area contributed by atoms with E-state index in [-0.39, 0.29) is 19.2 Å². The van der Waals surface area contributed by atoms with E-state index in [1.807, 2.05) is 0 Å². The molecule has 1 atom stereocenters. The van der Waals surface area contributed by atoms with Gasteiger partial charge in [0.1, 0.15) is 18.2 Å². The molecule has 0 radical (unpaired) electrons. The van der Waals surface area contributed by atoms with Crippen LogP contribution in [0.4, 0.5) is 13.2 Å². The Morgan fingerprint density at radius 2 is 1.69 bits per heavy atom. The SMILES string of the molecule is CCOC(=O)C12CCC(N=C(C(C=N)C(=O)OCc3ccccc3)C(F)(F)F)(CC1)CC2. The lowest BCUT2D eigenvalue weighted by Crippen LogP contribution is -2.51. The minimum Gasteiger partial charge on any atom is -0.466 e. The topological polar surface area (TPSA) is 88.8 Å². The van der Waals surface area contributed by atoms with Crippen LogP contribution in [0, 0.1) is 16.7 Å². The number of hydrogen-bond donors (Lipinski definition) is 1. The molecule has 0 aliphatic heterocycles. The molecule has 32 heavy (non-hydrogen) atoms. The highest BCUT2D eigenvalue weighted by Crippen LogP contribution is 2.55. The number of nitrogens with zero attached hydrogens (tertiary/aromatic N) is 1. The average molecular weight is 452 g/mol. The van der Waals surface area contributed by atoms with Crippen LogP contribution < -0.4 is 0 Å². The van der Waals surface area contributed by atoms with Crippen molar-refractivity contribution in [2.45, 2.75) is 63.8 Å². The molecule has 1 aromatic carbocycles. The first-order valence-corrected chi connectivity index (χ1v) is 10.7. The first kappa shape index (κ1) is 23.9. The summed E-state index contributed by atoms with van der Waals surface area (Å²) in [6.07, 6.45) is -2.36. The Kier molecular flexibility index (Phi) is 7.05. The number of nitrogens with one attached hydrogen (secondary N) is 1. The molecule has 3 fully saturated rings. The van der Waals surface area contributed by atoms with Gasteiger partial charge in [0.05, 0.1) is 17.6 Å². The van der Waals surface area contributed by atoms with Crippen molar-refractivity contribution in [3.05, 3.63) is 35.9 Å². The van der Waals surface area contributed by atoms with Gasteiger partial charge in [-0.15, -0.1) is 0 Å².